The highest BCUT2D eigenvalue weighted by Gasteiger charge is 2.06. The van der Waals surface area contributed by atoms with E-state index in [-0.39, 0.29) is 0 Å². The molecule has 3 rings (SSSR count). The fourth-order valence-electron chi connectivity index (χ4n) is 1.99. The van der Waals surface area contributed by atoms with Gasteiger partial charge in [0.1, 0.15) is 5.82 Å². The van der Waals surface area contributed by atoms with Gasteiger partial charge in [0.15, 0.2) is 0 Å². The predicted molar refractivity (Wildman–Crippen MR) is 74.8 cm³/mol. The standard InChI is InChI=1S/C13H10BrN3/c14-11-7-8-5-6-12(17-15)16-13(8)10-4-2-1-3-9(10)11/h1-7H,15H2,(H,16,17). The molecule has 1 heterocycles. The SMILES string of the molecule is NNc1ccc2cc(Br)c3ccccc3c2n1. The van der Waals surface area contributed by atoms with Crippen LogP contribution in [-0.4, -0.2) is 4.98 Å². The van der Waals surface area contributed by atoms with Gasteiger partial charge >= 0.3 is 0 Å². The van der Waals surface area contributed by atoms with Crippen molar-refractivity contribution < 1.29 is 0 Å². The molecular weight excluding hydrogens is 278 g/mol. The molecule has 0 bridgehead atoms. The Morgan fingerprint density at radius 2 is 1.82 bits per heavy atom. The molecule has 0 radical (unpaired) electrons. The van der Waals surface area contributed by atoms with E-state index in [0.29, 0.717) is 5.82 Å². The molecule has 0 unspecified atom stereocenters. The minimum absolute atomic E-state index is 0.671. The lowest BCUT2D eigenvalue weighted by atomic mass is 10.1. The average Bonchev–Trinajstić information content (AvgIpc) is 2.39. The molecule has 0 fully saturated rings. The lowest BCUT2D eigenvalue weighted by Gasteiger charge is -2.07. The Kier molecular flexibility index (Phi) is 2.46. The Balaban J connectivity index is 2.51. The first-order valence-electron chi connectivity index (χ1n) is 5.24. The van der Waals surface area contributed by atoms with Gasteiger partial charge in [0.2, 0.25) is 0 Å². The largest absolute Gasteiger partial charge is 0.308 e. The van der Waals surface area contributed by atoms with E-state index in [1.807, 2.05) is 24.3 Å². The van der Waals surface area contributed by atoms with Crippen molar-refractivity contribution in [1.29, 1.82) is 0 Å². The van der Waals surface area contributed by atoms with E-state index in [2.05, 4.69) is 44.5 Å². The van der Waals surface area contributed by atoms with Crippen molar-refractivity contribution in [3.8, 4) is 0 Å². The molecule has 0 spiro atoms. The Bertz CT molecular complexity index is 709. The molecule has 0 aliphatic carbocycles. The van der Waals surface area contributed by atoms with Crippen LogP contribution in [0.1, 0.15) is 0 Å². The molecule has 0 amide bonds. The number of aromatic nitrogens is 1. The molecule has 0 atom stereocenters. The normalized spacial score (nSPS) is 10.9. The monoisotopic (exact) mass is 287 g/mol. The van der Waals surface area contributed by atoms with E-state index >= 15 is 0 Å². The fraction of sp³-hybridized carbons (Fsp3) is 0. The zero-order valence-electron chi connectivity index (χ0n) is 8.94. The van der Waals surface area contributed by atoms with Crippen LogP contribution in [0, 0.1) is 0 Å². The minimum atomic E-state index is 0.671. The van der Waals surface area contributed by atoms with Gasteiger partial charge in [-0.15, -0.1) is 0 Å². The molecule has 2 aromatic carbocycles. The number of fused-ring (bicyclic) bond motifs is 3. The van der Waals surface area contributed by atoms with Crippen molar-refractivity contribution in [2.45, 2.75) is 0 Å². The summed E-state index contributed by atoms with van der Waals surface area (Å²) >= 11 is 3.59. The van der Waals surface area contributed by atoms with E-state index in [1.54, 1.807) is 0 Å². The molecule has 1 aromatic heterocycles. The van der Waals surface area contributed by atoms with Crippen LogP contribution < -0.4 is 11.3 Å². The van der Waals surface area contributed by atoms with Gasteiger partial charge in [-0.25, -0.2) is 10.8 Å². The molecule has 0 saturated carbocycles. The van der Waals surface area contributed by atoms with Crippen LogP contribution in [0.25, 0.3) is 21.7 Å². The third-order valence-electron chi connectivity index (χ3n) is 2.80. The van der Waals surface area contributed by atoms with Crippen molar-refractivity contribution >= 4 is 43.4 Å². The summed E-state index contributed by atoms with van der Waals surface area (Å²) in [5.41, 5.74) is 3.53. The number of pyridine rings is 1. The maximum atomic E-state index is 5.39. The zero-order valence-corrected chi connectivity index (χ0v) is 10.5. The molecule has 4 heteroatoms. The van der Waals surface area contributed by atoms with Crippen LogP contribution >= 0.6 is 15.9 Å². The number of hydrogen-bond donors (Lipinski definition) is 2. The Labute approximate surface area is 107 Å². The number of halogens is 1. The maximum absolute atomic E-state index is 5.39. The number of nitrogens with one attached hydrogen (secondary N) is 1. The van der Waals surface area contributed by atoms with Crippen LogP contribution in [0.5, 0.6) is 0 Å². The second-order valence-corrected chi connectivity index (χ2v) is 4.67. The van der Waals surface area contributed by atoms with E-state index < -0.39 is 0 Å². The first-order chi connectivity index (χ1) is 8.29. The highest BCUT2D eigenvalue weighted by Crippen LogP contribution is 2.31. The van der Waals surface area contributed by atoms with Gasteiger partial charge in [-0.1, -0.05) is 40.2 Å². The van der Waals surface area contributed by atoms with E-state index in [0.717, 1.165) is 26.1 Å². The summed E-state index contributed by atoms with van der Waals surface area (Å²) in [4.78, 5) is 4.51. The highest BCUT2D eigenvalue weighted by atomic mass is 79.9. The highest BCUT2D eigenvalue weighted by molar-refractivity contribution is 9.10. The van der Waals surface area contributed by atoms with Gasteiger partial charge in [0.05, 0.1) is 5.52 Å². The summed E-state index contributed by atoms with van der Waals surface area (Å²) < 4.78 is 1.08. The quantitative estimate of drug-likeness (QED) is 0.410. The van der Waals surface area contributed by atoms with Crippen LogP contribution in [0.15, 0.2) is 46.9 Å². The molecule has 0 aliphatic rings. The summed E-state index contributed by atoms with van der Waals surface area (Å²) in [6.07, 6.45) is 0. The average molecular weight is 288 g/mol. The van der Waals surface area contributed by atoms with Gasteiger partial charge in [0.25, 0.3) is 0 Å². The Hall–Kier alpha value is -1.65. The third-order valence-corrected chi connectivity index (χ3v) is 3.45. The molecular formula is C13H10BrN3. The summed E-state index contributed by atoms with van der Waals surface area (Å²) in [6.45, 7) is 0. The number of benzene rings is 2. The van der Waals surface area contributed by atoms with E-state index in [9.17, 15) is 0 Å². The summed E-state index contributed by atoms with van der Waals surface area (Å²) in [5, 5.41) is 3.37. The van der Waals surface area contributed by atoms with Crippen LogP contribution in [0.2, 0.25) is 0 Å². The Morgan fingerprint density at radius 3 is 2.59 bits per heavy atom. The van der Waals surface area contributed by atoms with Crippen LogP contribution in [-0.2, 0) is 0 Å². The predicted octanol–water partition coefficient (Wildman–Crippen LogP) is 3.44. The van der Waals surface area contributed by atoms with Crippen molar-refractivity contribution in [1.82, 2.24) is 4.98 Å². The molecule has 0 saturated heterocycles. The minimum Gasteiger partial charge on any atom is -0.308 e. The molecule has 0 aliphatic heterocycles. The summed E-state index contributed by atoms with van der Waals surface area (Å²) in [5.74, 6) is 6.06. The first kappa shape index (κ1) is 10.5. The molecule has 3 nitrogen and oxygen atoms in total. The number of hydrazine groups is 1. The van der Waals surface area contributed by atoms with Gasteiger partial charge < -0.3 is 5.43 Å². The number of hydrogen-bond acceptors (Lipinski definition) is 3. The fourth-order valence-corrected chi connectivity index (χ4v) is 2.59. The van der Waals surface area contributed by atoms with Crippen molar-refractivity contribution in [3.63, 3.8) is 0 Å². The van der Waals surface area contributed by atoms with Crippen molar-refractivity contribution in [2.75, 3.05) is 5.43 Å². The lowest BCUT2D eigenvalue weighted by molar-refractivity contribution is 1.27. The number of nitrogens with two attached hydrogens (primary N) is 1. The van der Waals surface area contributed by atoms with Gasteiger partial charge in [-0.3, -0.25) is 0 Å². The number of anilines is 1. The number of rotatable bonds is 1. The number of nitrogen functional groups attached to an aromatic ring is 1. The first-order valence-corrected chi connectivity index (χ1v) is 6.03. The van der Waals surface area contributed by atoms with Gasteiger partial charge in [-0.05, 0) is 23.6 Å². The van der Waals surface area contributed by atoms with Crippen LogP contribution in [0.4, 0.5) is 5.82 Å². The molecule has 84 valence electrons. The molecule has 17 heavy (non-hydrogen) atoms. The van der Waals surface area contributed by atoms with Gasteiger partial charge in [-0.2, -0.15) is 0 Å². The second kappa shape index (κ2) is 3.98. The molecule has 3 N–H and O–H groups in total. The zero-order chi connectivity index (χ0) is 11.8. The van der Waals surface area contributed by atoms with Crippen LogP contribution in [0.3, 0.4) is 0 Å². The van der Waals surface area contributed by atoms with E-state index in [4.69, 9.17) is 5.84 Å². The van der Waals surface area contributed by atoms with E-state index in [1.165, 1.54) is 0 Å². The number of nitrogens with zero attached hydrogens (tertiary/aromatic N) is 1. The van der Waals surface area contributed by atoms with Crippen molar-refractivity contribution in [2.24, 2.45) is 5.84 Å². The smallest absolute Gasteiger partial charge is 0.140 e. The van der Waals surface area contributed by atoms with Gasteiger partial charge in [0, 0.05) is 15.2 Å². The second-order valence-electron chi connectivity index (χ2n) is 3.82. The van der Waals surface area contributed by atoms with Crippen molar-refractivity contribution in [3.05, 3.63) is 46.9 Å². The Morgan fingerprint density at radius 1 is 1.06 bits per heavy atom. The topological polar surface area (TPSA) is 50.9 Å². The maximum Gasteiger partial charge on any atom is 0.140 e. The summed E-state index contributed by atoms with van der Waals surface area (Å²) in [7, 11) is 0. The lowest BCUT2D eigenvalue weighted by Crippen LogP contribution is -2.08. The third kappa shape index (κ3) is 1.66. The molecule has 3 aromatic rings. The summed E-state index contributed by atoms with van der Waals surface area (Å²) in [6, 6.07) is 14.1.